The van der Waals surface area contributed by atoms with E-state index in [-0.39, 0.29) is 0 Å². The average Bonchev–Trinajstić information content (AvgIpc) is 3.35. The normalized spacial score (nSPS) is 7.73. The summed E-state index contributed by atoms with van der Waals surface area (Å²) in [5.74, 6) is 0. The van der Waals surface area contributed by atoms with Crippen molar-refractivity contribution in [2.75, 3.05) is 6.61 Å². The fourth-order valence-corrected chi connectivity index (χ4v) is 3.32. The van der Waals surface area contributed by atoms with E-state index >= 15 is 0 Å². The molecule has 0 amide bonds. The number of aromatic nitrogens is 3. The van der Waals surface area contributed by atoms with Gasteiger partial charge in [0.2, 0.25) is 0 Å². The molecule has 0 fully saturated rings. The molecule has 0 N–H and O–H groups in total. The molecule has 0 aliphatic heterocycles. The Morgan fingerprint density at radius 3 is 1.73 bits per heavy atom. The first-order chi connectivity index (χ1) is 16.3. The molecule has 0 saturated carbocycles. The third-order valence-electron chi connectivity index (χ3n) is 3.43. The summed E-state index contributed by atoms with van der Waals surface area (Å²) in [6, 6.07) is 20.5. The molecule has 3 aromatic rings. The van der Waals surface area contributed by atoms with Crippen LogP contribution in [0.15, 0.2) is 60.7 Å². The summed E-state index contributed by atoms with van der Waals surface area (Å²) >= 11 is 1.26. The van der Waals surface area contributed by atoms with Gasteiger partial charge in [-0.15, -0.1) is 0 Å². The van der Waals surface area contributed by atoms with E-state index in [0.29, 0.717) is 13.2 Å². The number of hydrogen-bond donors (Lipinski definition) is 0. The summed E-state index contributed by atoms with van der Waals surface area (Å²) < 4.78 is 46.0. The number of ether oxygens (including phenoxy) is 1. The second-order valence-electron chi connectivity index (χ2n) is 5.02. The molecule has 1 aromatic heterocycles. The first kappa shape index (κ1) is 34.4. The maximum absolute atomic E-state index is 7.50. The van der Waals surface area contributed by atoms with Crippen molar-refractivity contribution in [3.8, 4) is 11.3 Å². The molecular formula is C23H17N3O6W. The Hall–Kier alpha value is -3.20. The Morgan fingerprint density at radius 2 is 1.27 bits per heavy atom. The molecule has 0 radical (unpaired) electrons. The molecule has 0 spiro atoms. The third-order valence-corrected chi connectivity index (χ3v) is 4.54. The Balaban J connectivity index is -0.000000798. The zero-order chi connectivity index (χ0) is 26.1. The van der Waals surface area contributed by atoms with Crippen LogP contribution in [0.5, 0.6) is 0 Å². The van der Waals surface area contributed by atoms with E-state index in [1.807, 2.05) is 48.0 Å². The molecule has 9 nitrogen and oxygen atoms in total. The standard InChI is InChI=1S/C18H17N3O.5CO.W/c1-2-22-14-17-18(16-11-7-4-8-12-16)21(20-19-17)13-15-9-5-3-6-10-15;5*1-2;/h3-12H,2,13H2,1H3;;;;;;. The van der Waals surface area contributed by atoms with Gasteiger partial charge < -0.3 is 0 Å². The second kappa shape index (κ2) is 25.1. The van der Waals surface area contributed by atoms with Crippen molar-refractivity contribution >= 4 is 4.08 Å². The van der Waals surface area contributed by atoms with Gasteiger partial charge in [0.05, 0.1) is 0 Å². The quantitative estimate of drug-likeness (QED) is 0.311. The van der Waals surface area contributed by atoms with E-state index in [0.717, 1.165) is 21.0 Å². The average molecular weight is 615 g/mol. The van der Waals surface area contributed by atoms with Gasteiger partial charge in [-0.3, -0.25) is 0 Å². The van der Waals surface area contributed by atoms with Crippen molar-refractivity contribution < 1.29 is 47.4 Å². The van der Waals surface area contributed by atoms with Gasteiger partial charge in [-0.25, -0.2) is 0 Å². The summed E-state index contributed by atoms with van der Waals surface area (Å²) in [5, 5.41) is 8.75. The summed E-state index contributed by atoms with van der Waals surface area (Å²) in [7, 11) is 0. The van der Waals surface area contributed by atoms with Crippen LogP contribution in [0.1, 0.15) is 18.2 Å². The minimum absolute atomic E-state index is 0.638. The van der Waals surface area contributed by atoms with E-state index in [4.69, 9.17) is 28.0 Å². The monoisotopic (exact) mass is 615 g/mol. The number of benzene rings is 2. The predicted molar refractivity (Wildman–Crippen MR) is 106 cm³/mol. The van der Waals surface area contributed by atoms with Crippen LogP contribution in [0.25, 0.3) is 11.3 Å². The van der Waals surface area contributed by atoms with Crippen LogP contribution in [-0.4, -0.2) is 25.7 Å². The first-order valence-electron chi connectivity index (χ1n) is 8.51. The summed E-state index contributed by atoms with van der Waals surface area (Å²) in [6.07, 6.45) is 0. The first-order valence-corrected chi connectivity index (χ1v) is 9.98. The van der Waals surface area contributed by atoms with Crippen molar-refractivity contribution in [2.24, 2.45) is 0 Å². The zero-order valence-corrected chi connectivity index (χ0v) is 20.3. The van der Waals surface area contributed by atoms with Gasteiger partial charge >= 0.3 is 203 Å². The molecule has 0 aliphatic carbocycles. The van der Waals surface area contributed by atoms with Crippen LogP contribution in [0.4, 0.5) is 0 Å². The number of hydrogen-bond acceptors (Lipinski definition) is 3. The molecular weight excluding hydrogens is 598 g/mol. The SMILES string of the molecule is CCO[C](=[W])c1nnn(Cc2ccccc2)c1-c1ccccc1.[C-]#[O+].[C-]#[O+].[C-]#[O+].[C-]#[O+].[C-]#[O+]. The van der Waals surface area contributed by atoms with E-state index in [1.165, 1.54) is 24.9 Å². The van der Waals surface area contributed by atoms with Gasteiger partial charge in [-0.2, -0.15) is 0 Å². The van der Waals surface area contributed by atoms with Gasteiger partial charge in [-0.05, 0) is 0 Å². The maximum atomic E-state index is 7.50. The van der Waals surface area contributed by atoms with Gasteiger partial charge in [0.25, 0.3) is 0 Å². The molecule has 0 bridgehead atoms. The van der Waals surface area contributed by atoms with Gasteiger partial charge in [0.15, 0.2) is 0 Å². The van der Waals surface area contributed by atoms with Crippen LogP contribution in [0, 0.1) is 33.3 Å². The van der Waals surface area contributed by atoms with Crippen LogP contribution < -0.4 is 0 Å². The van der Waals surface area contributed by atoms with Crippen molar-refractivity contribution in [3.63, 3.8) is 0 Å². The topological polar surface area (TPSA) is 139 Å². The molecule has 10 heteroatoms. The van der Waals surface area contributed by atoms with Crippen LogP contribution in [-0.2, 0) is 53.9 Å². The second-order valence-corrected chi connectivity index (χ2v) is 6.35. The van der Waals surface area contributed by atoms with E-state index in [2.05, 4.69) is 67.8 Å². The van der Waals surface area contributed by atoms with E-state index < -0.39 is 0 Å². The summed E-state index contributed by atoms with van der Waals surface area (Å²) in [5.41, 5.74) is 4.14. The van der Waals surface area contributed by atoms with Gasteiger partial charge in [-0.1, -0.05) is 0 Å². The van der Waals surface area contributed by atoms with Crippen molar-refractivity contribution in [3.05, 3.63) is 105 Å². The van der Waals surface area contributed by atoms with E-state index in [1.54, 1.807) is 0 Å². The predicted octanol–water partition coefficient (Wildman–Crippen LogP) is 2.87. The molecule has 3 rings (SSSR count). The van der Waals surface area contributed by atoms with Crippen molar-refractivity contribution in [1.82, 2.24) is 15.0 Å². The van der Waals surface area contributed by atoms with Crippen molar-refractivity contribution in [2.45, 2.75) is 13.5 Å². The fraction of sp³-hybridized carbons (Fsp3) is 0.130. The number of rotatable bonds is 6. The molecule has 0 unspecified atom stereocenters. The molecule has 2 aromatic carbocycles. The third kappa shape index (κ3) is 12.4. The molecule has 33 heavy (non-hydrogen) atoms. The zero-order valence-electron chi connectivity index (χ0n) is 17.4. The van der Waals surface area contributed by atoms with Crippen LogP contribution in [0.2, 0.25) is 0 Å². The Labute approximate surface area is 202 Å². The Morgan fingerprint density at radius 1 is 0.818 bits per heavy atom. The van der Waals surface area contributed by atoms with Gasteiger partial charge in [0, 0.05) is 0 Å². The minimum atomic E-state index is 0.638. The van der Waals surface area contributed by atoms with Crippen LogP contribution >= 0.6 is 0 Å². The summed E-state index contributed by atoms with van der Waals surface area (Å²) in [4.78, 5) is 0. The fourth-order valence-electron chi connectivity index (χ4n) is 2.40. The molecule has 166 valence electrons. The van der Waals surface area contributed by atoms with E-state index in [9.17, 15) is 0 Å². The Kier molecular flexibility index (Phi) is 26.1. The molecule has 1 heterocycles. The van der Waals surface area contributed by atoms with Crippen LogP contribution in [0.3, 0.4) is 0 Å². The Bertz CT molecular complexity index is 975. The van der Waals surface area contributed by atoms with Crippen molar-refractivity contribution in [1.29, 1.82) is 0 Å². The molecule has 0 saturated heterocycles. The summed E-state index contributed by atoms with van der Waals surface area (Å²) in [6.45, 7) is 25.8. The van der Waals surface area contributed by atoms with Gasteiger partial charge in [0.1, 0.15) is 0 Å². The number of nitrogens with zero attached hydrogens (tertiary/aromatic N) is 3. The molecule has 0 atom stereocenters. The molecule has 0 aliphatic rings.